The second-order valence-electron chi connectivity index (χ2n) is 5.28. The van der Waals surface area contributed by atoms with Crippen molar-refractivity contribution in [3.05, 3.63) is 17.0 Å². The van der Waals surface area contributed by atoms with Gasteiger partial charge in [0.25, 0.3) is 0 Å². The molecule has 0 N–H and O–H groups in total. The summed E-state index contributed by atoms with van der Waals surface area (Å²) >= 11 is 0. The Hall–Kier alpha value is -1.37. The van der Waals surface area contributed by atoms with Crippen LogP contribution in [0.25, 0.3) is 0 Å². The quantitative estimate of drug-likeness (QED) is 0.835. The van der Waals surface area contributed by atoms with Gasteiger partial charge in [-0.2, -0.15) is 0 Å². The Morgan fingerprint density at radius 3 is 2.45 bits per heavy atom. The number of carbonyl (C=O) groups excluding carboxylic acids is 1. The van der Waals surface area contributed by atoms with Gasteiger partial charge in [0.05, 0.1) is 11.4 Å². The van der Waals surface area contributed by atoms with Crippen LogP contribution in [0.15, 0.2) is 4.52 Å². The summed E-state index contributed by atoms with van der Waals surface area (Å²) in [4.78, 5) is 13.8. The van der Waals surface area contributed by atoms with Gasteiger partial charge in [0, 0.05) is 18.7 Å². The second-order valence-corrected chi connectivity index (χ2v) is 7.61. The standard InChI is InChI=1S/C13H20N2O4S/c1-9-12(10(2)19-14-9)8-20(17,18)11(3)13(16)15-6-4-5-7-15/h11H,4-8H2,1-3H3/t11-/m0/s1. The largest absolute Gasteiger partial charge is 0.361 e. The minimum atomic E-state index is -3.56. The van der Waals surface area contributed by atoms with Gasteiger partial charge in [0.1, 0.15) is 11.0 Å². The summed E-state index contributed by atoms with van der Waals surface area (Å²) in [6, 6.07) is 0. The summed E-state index contributed by atoms with van der Waals surface area (Å²) in [5.74, 6) is -0.00398. The van der Waals surface area contributed by atoms with Gasteiger partial charge in [-0.3, -0.25) is 4.79 Å². The van der Waals surface area contributed by atoms with Crippen molar-refractivity contribution < 1.29 is 17.7 Å². The SMILES string of the molecule is Cc1noc(C)c1CS(=O)(=O)[C@@H](C)C(=O)N1CCCC1. The zero-order valence-electron chi connectivity index (χ0n) is 12.0. The lowest BCUT2D eigenvalue weighted by Crippen LogP contribution is -2.40. The Balaban J connectivity index is 2.15. The van der Waals surface area contributed by atoms with E-state index in [4.69, 9.17) is 4.52 Å². The molecule has 1 amide bonds. The third-order valence-corrected chi connectivity index (χ3v) is 5.80. The van der Waals surface area contributed by atoms with Crippen LogP contribution in [0.3, 0.4) is 0 Å². The molecule has 0 aliphatic carbocycles. The van der Waals surface area contributed by atoms with E-state index in [9.17, 15) is 13.2 Å². The third-order valence-electron chi connectivity index (χ3n) is 3.83. The molecule has 20 heavy (non-hydrogen) atoms. The molecule has 0 saturated carbocycles. The minimum Gasteiger partial charge on any atom is -0.361 e. The summed E-state index contributed by atoms with van der Waals surface area (Å²) in [5.41, 5.74) is 1.12. The van der Waals surface area contributed by atoms with Crippen LogP contribution >= 0.6 is 0 Å². The molecule has 2 heterocycles. The maximum absolute atomic E-state index is 12.4. The Bertz CT molecular complexity index is 580. The van der Waals surface area contributed by atoms with Gasteiger partial charge in [-0.15, -0.1) is 0 Å². The topological polar surface area (TPSA) is 80.5 Å². The van der Waals surface area contributed by atoms with E-state index in [1.807, 2.05) is 0 Å². The number of hydrogen-bond acceptors (Lipinski definition) is 5. The third kappa shape index (κ3) is 2.87. The van der Waals surface area contributed by atoms with Crippen molar-refractivity contribution in [3.63, 3.8) is 0 Å². The summed E-state index contributed by atoms with van der Waals surface area (Å²) in [5, 5.41) is 2.73. The lowest BCUT2D eigenvalue weighted by molar-refractivity contribution is -0.129. The molecule has 112 valence electrons. The molecule has 1 aliphatic rings. The van der Waals surface area contributed by atoms with Crippen LogP contribution in [-0.4, -0.2) is 42.7 Å². The molecule has 1 aliphatic heterocycles. The Morgan fingerprint density at radius 2 is 1.95 bits per heavy atom. The second kappa shape index (κ2) is 5.55. The first kappa shape index (κ1) is 15.0. The molecule has 1 aromatic rings. The van der Waals surface area contributed by atoms with Gasteiger partial charge in [0.2, 0.25) is 5.91 Å². The van der Waals surface area contributed by atoms with E-state index < -0.39 is 15.1 Å². The van der Waals surface area contributed by atoms with Crippen molar-refractivity contribution in [2.45, 2.75) is 44.6 Å². The molecular weight excluding hydrogens is 280 g/mol. The van der Waals surface area contributed by atoms with E-state index in [1.165, 1.54) is 6.92 Å². The van der Waals surface area contributed by atoms with Crippen LogP contribution in [0, 0.1) is 13.8 Å². The average molecular weight is 300 g/mol. The van der Waals surface area contributed by atoms with Crippen LogP contribution in [0.1, 0.15) is 36.8 Å². The average Bonchev–Trinajstić information content (AvgIpc) is 3.02. The first-order valence-corrected chi connectivity index (χ1v) is 8.46. The fourth-order valence-electron chi connectivity index (χ4n) is 2.38. The highest BCUT2D eigenvalue weighted by Crippen LogP contribution is 2.20. The van der Waals surface area contributed by atoms with Crippen molar-refractivity contribution in [1.82, 2.24) is 10.1 Å². The summed E-state index contributed by atoms with van der Waals surface area (Å²) in [6.45, 7) is 6.16. The fourth-order valence-corrected chi connectivity index (χ4v) is 3.90. The number of amides is 1. The maximum atomic E-state index is 12.4. The summed E-state index contributed by atoms with van der Waals surface area (Å²) in [7, 11) is -3.56. The van der Waals surface area contributed by atoms with Crippen LogP contribution in [0.2, 0.25) is 0 Å². The van der Waals surface area contributed by atoms with E-state index in [0.29, 0.717) is 30.1 Å². The van der Waals surface area contributed by atoms with Gasteiger partial charge in [0.15, 0.2) is 9.84 Å². The zero-order valence-corrected chi connectivity index (χ0v) is 12.9. The fraction of sp³-hybridized carbons (Fsp3) is 0.692. The molecule has 1 aromatic heterocycles. The van der Waals surface area contributed by atoms with Crippen molar-refractivity contribution in [1.29, 1.82) is 0 Å². The monoisotopic (exact) mass is 300 g/mol. The summed E-state index contributed by atoms with van der Waals surface area (Å²) in [6.07, 6.45) is 1.89. The molecular formula is C13H20N2O4S. The number of hydrogen-bond donors (Lipinski definition) is 0. The highest BCUT2D eigenvalue weighted by Gasteiger charge is 2.34. The van der Waals surface area contributed by atoms with Gasteiger partial charge in [-0.05, 0) is 33.6 Å². The van der Waals surface area contributed by atoms with Crippen LogP contribution in [0.5, 0.6) is 0 Å². The molecule has 2 rings (SSSR count). The molecule has 0 unspecified atom stereocenters. The lowest BCUT2D eigenvalue weighted by Gasteiger charge is -2.20. The van der Waals surface area contributed by atoms with E-state index in [0.717, 1.165) is 12.8 Å². The molecule has 0 aromatic carbocycles. The van der Waals surface area contributed by atoms with Crippen LogP contribution in [0.4, 0.5) is 0 Å². The zero-order chi connectivity index (χ0) is 14.9. The Labute approximate surface area is 119 Å². The van der Waals surface area contributed by atoms with Gasteiger partial charge in [-0.25, -0.2) is 8.42 Å². The minimum absolute atomic E-state index is 0.199. The maximum Gasteiger partial charge on any atom is 0.240 e. The van der Waals surface area contributed by atoms with Crippen molar-refractivity contribution >= 4 is 15.7 Å². The molecule has 1 fully saturated rings. The van der Waals surface area contributed by atoms with Crippen LogP contribution in [-0.2, 0) is 20.4 Å². The van der Waals surface area contributed by atoms with E-state index >= 15 is 0 Å². The van der Waals surface area contributed by atoms with Gasteiger partial charge < -0.3 is 9.42 Å². The highest BCUT2D eigenvalue weighted by molar-refractivity contribution is 7.92. The predicted octanol–water partition coefficient (Wildman–Crippen LogP) is 1.22. The molecule has 0 spiro atoms. The molecule has 7 heteroatoms. The molecule has 6 nitrogen and oxygen atoms in total. The Kier molecular flexibility index (Phi) is 4.17. The first-order chi connectivity index (χ1) is 9.33. The normalized spacial score (nSPS) is 17.4. The van der Waals surface area contributed by atoms with E-state index in [2.05, 4.69) is 5.16 Å². The number of sulfone groups is 1. The van der Waals surface area contributed by atoms with Gasteiger partial charge >= 0.3 is 0 Å². The molecule has 0 bridgehead atoms. The number of rotatable bonds is 4. The highest BCUT2D eigenvalue weighted by atomic mass is 32.2. The lowest BCUT2D eigenvalue weighted by atomic mass is 10.2. The molecule has 1 saturated heterocycles. The number of carbonyl (C=O) groups is 1. The van der Waals surface area contributed by atoms with Crippen molar-refractivity contribution in [2.75, 3.05) is 13.1 Å². The molecule has 0 radical (unpaired) electrons. The van der Waals surface area contributed by atoms with Crippen LogP contribution < -0.4 is 0 Å². The van der Waals surface area contributed by atoms with Crippen molar-refractivity contribution in [2.24, 2.45) is 0 Å². The van der Waals surface area contributed by atoms with Crippen molar-refractivity contribution in [3.8, 4) is 0 Å². The van der Waals surface area contributed by atoms with E-state index in [-0.39, 0.29) is 11.7 Å². The van der Waals surface area contributed by atoms with Gasteiger partial charge in [-0.1, -0.05) is 5.16 Å². The van der Waals surface area contributed by atoms with E-state index in [1.54, 1.807) is 18.7 Å². The summed E-state index contributed by atoms with van der Waals surface area (Å²) < 4.78 is 29.7. The number of aromatic nitrogens is 1. The smallest absolute Gasteiger partial charge is 0.240 e. The Morgan fingerprint density at radius 1 is 1.35 bits per heavy atom. The molecule has 1 atom stereocenters. The number of nitrogens with zero attached hydrogens (tertiary/aromatic N) is 2. The number of aryl methyl sites for hydroxylation is 2. The first-order valence-electron chi connectivity index (χ1n) is 6.75. The predicted molar refractivity (Wildman–Crippen MR) is 73.9 cm³/mol. The number of likely N-dealkylation sites (tertiary alicyclic amines) is 1.